The average molecular weight is 219 g/mol. The monoisotopic (exact) mass is 219 g/mol. The van der Waals surface area contributed by atoms with Gasteiger partial charge in [-0.05, 0) is 12.8 Å². The first-order valence-corrected chi connectivity index (χ1v) is 5.50. The van der Waals surface area contributed by atoms with Gasteiger partial charge in [0.05, 0.1) is 11.8 Å². The zero-order valence-corrected chi connectivity index (χ0v) is 10.1. The summed E-state index contributed by atoms with van der Waals surface area (Å²) in [5.74, 6) is 0.421. The molecule has 0 fully saturated rings. The van der Waals surface area contributed by atoms with E-state index in [2.05, 4.69) is 23.9 Å². The fourth-order valence-electron chi connectivity index (χ4n) is 1.54. The number of hydrogen-bond donors (Lipinski definition) is 0. The lowest BCUT2D eigenvalue weighted by molar-refractivity contribution is 0.119. The van der Waals surface area contributed by atoms with Crippen molar-refractivity contribution in [2.45, 2.75) is 32.8 Å². The zero-order chi connectivity index (χ0) is 11.7. The molecule has 0 aromatic carbocycles. The molecule has 4 heteroatoms. The Morgan fingerprint density at radius 2 is 2.06 bits per heavy atom. The predicted molar refractivity (Wildman–Crippen MR) is 62.5 cm³/mol. The van der Waals surface area contributed by atoms with Gasteiger partial charge >= 0.3 is 0 Å². The summed E-state index contributed by atoms with van der Waals surface area (Å²) in [6, 6.07) is 2.02. The highest BCUT2D eigenvalue weighted by molar-refractivity contribution is 5.40. The molecule has 0 amide bonds. The minimum absolute atomic E-state index is 0.0450. The third-order valence-corrected chi connectivity index (χ3v) is 2.77. The number of aromatic nitrogens is 3. The summed E-state index contributed by atoms with van der Waals surface area (Å²) in [7, 11) is 1.69. The second-order valence-corrected chi connectivity index (χ2v) is 4.29. The van der Waals surface area contributed by atoms with Crippen LogP contribution in [-0.2, 0) is 4.74 Å². The van der Waals surface area contributed by atoms with Crippen LogP contribution in [0, 0.1) is 0 Å². The van der Waals surface area contributed by atoms with Crippen molar-refractivity contribution in [3.8, 4) is 0 Å². The van der Waals surface area contributed by atoms with Crippen LogP contribution in [0.25, 0.3) is 5.65 Å². The van der Waals surface area contributed by atoms with Gasteiger partial charge in [0, 0.05) is 31.1 Å². The molecule has 16 heavy (non-hydrogen) atoms. The molecule has 2 aromatic heterocycles. The Bertz CT molecular complexity index is 490. The van der Waals surface area contributed by atoms with Gasteiger partial charge in [0.2, 0.25) is 0 Å². The first-order valence-electron chi connectivity index (χ1n) is 5.50. The summed E-state index contributed by atoms with van der Waals surface area (Å²) >= 11 is 0. The van der Waals surface area contributed by atoms with Gasteiger partial charge in [-0.2, -0.15) is 5.10 Å². The zero-order valence-electron chi connectivity index (χ0n) is 10.1. The lowest BCUT2D eigenvalue weighted by Crippen LogP contribution is -2.00. The van der Waals surface area contributed by atoms with Crippen LogP contribution in [-0.4, -0.2) is 21.7 Å². The highest BCUT2D eigenvalue weighted by Crippen LogP contribution is 2.17. The number of fused-ring (bicyclic) bond motifs is 1. The third-order valence-electron chi connectivity index (χ3n) is 2.77. The van der Waals surface area contributed by atoms with E-state index in [-0.39, 0.29) is 6.10 Å². The lowest BCUT2D eigenvalue weighted by atomic mass is 10.1. The Hall–Kier alpha value is -1.42. The van der Waals surface area contributed by atoms with E-state index in [0.29, 0.717) is 5.92 Å². The standard InChI is InChI=1S/C12H17N3O/c1-8(2)11-5-12-13-6-10(9(3)16-4)7-15(12)14-11/h5-9H,1-4H3. The van der Waals surface area contributed by atoms with Crippen LogP contribution in [0.2, 0.25) is 0 Å². The molecule has 2 heterocycles. The molecule has 0 saturated carbocycles. The van der Waals surface area contributed by atoms with Crippen molar-refractivity contribution in [1.82, 2.24) is 14.6 Å². The Balaban J connectivity index is 2.45. The Morgan fingerprint density at radius 3 is 2.69 bits per heavy atom. The number of ether oxygens (including phenoxy) is 1. The summed E-state index contributed by atoms with van der Waals surface area (Å²) in [4.78, 5) is 4.37. The van der Waals surface area contributed by atoms with Gasteiger partial charge in [-0.25, -0.2) is 9.50 Å². The maximum absolute atomic E-state index is 5.26. The summed E-state index contributed by atoms with van der Waals surface area (Å²) in [5, 5.41) is 4.49. The molecule has 0 aliphatic carbocycles. The van der Waals surface area contributed by atoms with Crippen molar-refractivity contribution in [2.24, 2.45) is 0 Å². The molecule has 0 saturated heterocycles. The van der Waals surface area contributed by atoms with Crippen molar-refractivity contribution in [1.29, 1.82) is 0 Å². The van der Waals surface area contributed by atoms with Gasteiger partial charge in [0.15, 0.2) is 5.65 Å². The molecular formula is C12H17N3O. The van der Waals surface area contributed by atoms with Crippen LogP contribution < -0.4 is 0 Å². The Labute approximate surface area is 95.3 Å². The number of nitrogens with zero attached hydrogens (tertiary/aromatic N) is 3. The molecule has 0 bridgehead atoms. The van der Waals surface area contributed by atoms with Crippen molar-refractivity contribution in [3.05, 3.63) is 29.7 Å². The smallest absolute Gasteiger partial charge is 0.155 e. The third kappa shape index (κ3) is 1.93. The minimum atomic E-state index is 0.0450. The number of hydrogen-bond acceptors (Lipinski definition) is 3. The van der Waals surface area contributed by atoms with E-state index < -0.39 is 0 Å². The van der Waals surface area contributed by atoms with Crippen LogP contribution in [0.5, 0.6) is 0 Å². The molecule has 2 aromatic rings. The molecule has 2 rings (SSSR count). The van der Waals surface area contributed by atoms with E-state index in [0.717, 1.165) is 16.9 Å². The second-order valence-electron chi connectivity index (χ2n) is 4.29. The van der Waals surface area contributed by atoms with E-state index >= 15 is 0 Å². The summed E-state index contributed by atoms with van der Waals surface area (Å²) in [6.45, 7) is 6.25. The highest BCUT2D eigenvalue weighted by Gasteiger charge is 2.09. The topological polar surface area (TPSA) is 39.4 Å². The van der Waals surface area contributed by atoms with Crippen molar-refractivity contribution in [3.63, 3.8) is 0 Å². The largest absolute Gasteiger partial charge is 0.377 e. The molecule has 86 valence electrons. The number of rotatable bonds is 3. The van der Waals surface area contributed by atoms with Crippen LogP contribution in [0.1, 0.15) is 44.1 Å². The molecule has 1 unspecified atom stereocenters. The maximum atomic E-state index is 5.26. The van der Waals surface area contributed by atoms with Crippen LogP contribution in [0.3, 0.4) is 0 Å². The normalized spacial score (nSPS) is 13.6. The van der Waals surface area contributed by atoms with Crippen LogP contribution >= 0.6 is 0 Å². The van der Waals surface area contributed by atoms with Crippen molar-refractivity contribution < 1.29 is 4.74 Å². The van der Waals surface area contributed by atoms with Gasteiger partial charge in [-0.3, -0.25) is 0 Å². The van der Waals surface area contributed by atoms with Crippen molar-refractivity contribution >= 4 is 5.65 Å². The van der Waals surface area contributed by atoms with Gasteiger partial charge in [0.25, 0.3) is 0 Å². The minimum Gasteiger partial charge on any atom is -0.377 e. The van der Waals surface area contributed by atoms with Gasteiger partial charge in [-0.1, -0.05) is 13.8 Å². The molecule has 1 atom stereocenters. The fraction of sp³-hybridized carbons (Fsp3) is 0.500. The van der Waals surface area contributed by atoms with Crippen LogP contribution in [0.15, 0.2) is 18.5 Å². The van der Waals surface area contributed by atoms with Gasteiger partial charge in [0.1, 0.15) is 0 Å². The maximum Gasteiger partial charge on any atom is 0.155 e. The summed E-state index contributed by atoms with van der Waals surface area (Å²) in [6.07, 6.45) is 3.86. The molecule has 0 spiro atoms. The van der Waals surface area contributed by atoms with Gasteiger partial charge in [-0.15, -0.1) is 0 Å². The van der Waals surface area contributed by atoms with E-state index in [1.165, 1.54) is 0 Å². The molecular weight excluding hydrogens is 202 g/mol. The Morgan fingerprint density at radius 1 is 1.31 bits per heavy atom. The van der Waals surface area contributed by atoms with E-state index in [1.54, 1.807) is 7.11 Å². The quantitative estimate of drug-likeness (QED) is 0.796. The van der Waals surface area contributed by atoms with E-state index in [9.17, 15) is 0 Å². The van der Waals surface area contributed by atoms with Gasteiger partial charge < -0.3 is 4.74 Å². The SMILES string of the molecule is COC(C)c1cnc2cc(C(C)C)nn2c1. The average Bonchev–Trinajstić information content (AvgIpc) is 2.70. The molecule has 4 nitrogen and oxygen atoms in total. The lowest BCUT2D eigenvalue weighted by Gasteiger charge is -2.08. The summed E-state index contributed by atoms with van der Waals surface area (Å²) in [5.41, 5.74) is 2.99. The highest BCUT2D eigenvalue weighted by atomic mass is 16.5. The second kappa shape index (κ2) is 4.22. The molecule has 0 N–H and O–H groups in total. The van der Waals surface area contributed by atoms with Crippen molar-refractivity contribution in [2.75, 3.05) is 7.11 Å². The van der Waals surface area contributed by atoms with E-state index in [4.69, 9.17) is 4.74 Å². The first kappa shape index (κ1) is 11.1. The molecule has 0 aliphatic rings. The summed E-state index contributed by atoms with van der Waals surface area (Å²) < 4.78 is 7.08. The predicted octanol–water partition coefficient (Wildman–Crippen LogP) is 2.56. The van der Waals surface area contributed by atoms with Crippen LogP contribution in [0.4, 0.5) is 0 Å². The van der Waals surface area contributed by atoms with E-state index in [1.807, 2.05) is 29.9 Å². The molecule has 0 radical (unpaired) electrons. The first-order chi connectivity index (χ1) is 7.61. The molecule has 0 aliphatic heterocycles. The fourth-order valence-corrected chi connectivity index (χ4v) is 1.54. The number of methoxy groups -OCH3 is 1. The Kier molecular flexibility index (Phi) is 2.92.